The summed E-state index contributed by atoms with van der Waals surface area (Å²) in [6.07, 6.45) is 6.91. The highest BCUT2D eigenvalue weighted by molar-refractivity contribution is 7.09. The van der Waals surface area contributed by atoms with Crippen molar-refractivity contribution in [2.24, 2.45) is 5.92 Å². The van der Waals surface area contributed by atoms with Crippen LogP contribution in [-0.2, 0) is 6.42 Å². The standard InChI is InChI=1S/C13H24N2S/c1-11(2)5-4-6-12(3)14-8-7-13-15-9-10-16-13/h9-12,14H,4-8H2,1-3H3. The second-order valence-corrected chi connectivity index (χ2v) is 5.83. The van der Waals surface area contributed by atoms with E-state index in [2.05, 4.69) is 31.1 Å². The molecule has 1 heterocycles. The van der Waals surface area contributed by atoms with Crippen molar-refractivity contribution >= 4 is 11.3 Å². The molecule has 1 rings (SSSR count). The van der Waals surface area contributed by atoms with Gasteiger partial charge in [0, 0.05) is 30.6 Å². The Hall–Kier alpha value is -0.410. The third-order valence-electron chi connectivity index (χ3n) is 2.73. The summed E-state index contributed by atoms with van der Waals surface area (Å²) < 4.78 is 0. The topological polar surface area (TPSA) is 24.9 Å². The van der Waals surface area contributed by atoms with Crippen LogP contribution < -0.4 is 5.32 Å². The first kappa shape index (κ1) is 13.7. The maximum absolute atomic E-state index is 4.28. The minimum absolute atomic E-state index is 0.638. The summed E-state index contributed by atoms with van der Waals surface area (Å²) in [5.74, 6) is 0.836. The van der Waals surface area contributed by atoms with E-state index in [1.807, 2.05) is 11.6 Å². The Morgan fingerprint density at radius 3 is 2.75 bits per heavy atom. The summed E-state index contributed by atoms with van der Waals surface area (Å²) in [5, 5.41) is 6.84. The lowest BCUT2D eigenvalue weighted by Crippen LogP contribution is -2.28. The molecular weight excluding hydrogens is 216 g/mol. The van der Waals surface area contributed by atoms with Crippen LogP contribution in [0.1, 0.15) is 45.0 Å². The molecule has 0 amide bonds. The van der Waals surface area contributed by atoms with E-state index in [1.165, 1.54) is 24.3 Å². The Bertz CT molecular complexity index is 257. The van der Waals surface area contributed by atoms with E-state index in [0.717, 1.165) is 18.9 Å². The Balaban J connectivity index is 2.00. The van der Waals surface area contributed by atoms with Crippen LogP contribution in [0.4, 0.5) is 0 Å². The molecule has 0 aliphatic rings. The second kappa shape index (κ2) is 7.80. The number of aromatic nitrogens is 1. The zero-order chi connectivity index (χ0) is 11.8. The van der Waals surface area contributed by atoms with Gasteiger partial charge in [0.05, 0.1) is 5.01 Å². The lowest BCUT2D eigenvalue weighted by molar-refractivity contribution is 0.459. The maximum Gasteiger partial charge on any atom is 0.0937 e. The number of hydrogen-bond donors (Lipinski definition) is 1. The number of thiazole rings is 1. The molecule has 0 saturated heterocycles. The minimum Gasteiger partial charge on any atom is -0.314 e. The molecule has 92 valence electrons. The molecule has 0 bridgehead atoms. The lowest BCUT2D eigenvalue weighted by atomic mass is 10.0. The molecule has 1 atom stereocenters. The summed E-state index contributed by atoms with van der Waals surface area (Å²) >= 11 is 1.75. The van der Waals surface area contributed by atoms with E-state index < -0.39 is 0 Å². The van der Waals surface area contributed by atoms with E-state index >= 15 is 0 Å². The van der Waals surface area contributed by atoms with Crippen molar-refractivity contribution in [3.05, 3.63) is 16.6 Å². The molecule has 0 radical (unpaired) electrons. The van der Waals surface area contributed by atoms with Gasteiger partial charge in [0.1, 0.15) is 0 Å². The van der Waals surface area contributed by atoms with E-state index in [0.29, 0.717) is 6.04 Å². The first-order valence-corrected chi connectivity index (χ1v) is 7.18. The first-order valence-electron chi connectivity index (χ1n) is 6.30. The van der Waals surface area contributed by atoms with Crippen molar-refractivity contribution < 1.29 is 0 Å². The van der Waals surface area contributed by atoms with Crippen LogP contribution in [0.2, 0.25) is 0 Å². The van der Waals surface area contributed by atoms with Gasteiger partial charge in [0.2, 0.25) is 0 Å². The number of nitrogens with one attached hydrogen (secondary N) is 1. The summed E-state index contributed by atoms with van der Waals surface area (Å²) in [6, 6.07) is 0.638. The molecule has 2 nitrogen and oxygen atoms in total. The van der Waals surface area contributed by atoms with Crippen molar-refractivity contribution in [1.29, 1.82) is 0 Å². The fourth-order valence-electron chi connectivity index (χ4n) is 1.74. The third-order valence-corrected chi connectivity index (χ3v) is 3.57. The Morgan fingerprint density at radius 1 is 1.31 bits per heavy atom. The van der Waals surface area contributed by atoms with Crippen LogP contribution in [0.3, 0.4) is 0 Å². The molecule has 0 spiro atoms. The second-order valence-electron chi connectivity index (χ2n) is 4.86. The smallest absolute Gasteiger partial charge is 0.0937 e. The van der Waals surface area contributed by atoms with Crippen molar-refractivity contribution in [2.45, 2.75) is 52.5 Å². The van der Waals surface area contributed by atoms with Gasteiger partial charge in [-0.2, -0.15) is 0 Å². The minimum atomic E-state index is 0.638. The molecule has 3 heteroatoms. The molecule has 0 aliphatic carbocycles. The highest BCUT2D eigenvalue weighted by Crippen LogP contribution is 2.08. The van der Waals surface area contributed by atoms with Gasteiger partial charge in [-0.05, 0) is 19.3 Å². The van der Waals surface area contributed by atoms with Crippen molar-refractivity contribution in [2.75, 3.05) is 6.54 Å². The molecule has 0 aliphatic heterocycles. The summed E-state index contributed by atoms with van der Waals surface area (Å²) in [6.45, 7) is 7.92. The molecule has 0 fully saturated rings. The Labute approximate surface area is 103 Å². The maximum atomic E-state index is 4.28. The highest BCUT2D eigenvalue weighted by atomic mass is 32.1. The lowest BCUT2D eigenvalue weighted by Gasteiger charge is -2.13. The van der Waals surface area contributed by atoms with Crippen LogP contribution in [0.5, 0.6) is 0 Å². The molecule has 1 unspecified atom stereocenters. The Kier molecular flexibility index (Phi) is 6.65. The summed E-state index contributed by atoms with van der Waals surface area (Å²) in [7, 11) is 0. The number of hydrogen-bond acceptors (Lipinski definition) is 3. The monoisotopic (exact) mass is 240 g/mol. The predicted octanol–water partition coefficient (Wildman–Crippen LogP) is 3.49. The van der Waals surface area contributed by atoms with Crippen molar-refractivity contribution in [3.8, 4) is 0 Å². The van der Waals surface area contributed by atoms with Gasteiger partial charge >= 0.3 is 0 Å². The van der Waals surface area contributed by atoms with Gasteiger partial charge in [0.25, 0.3) is 0 Å². The first-order chi connectivity index (χ1) is 7.68. The molecular formula is C13H24N2S. The van der Waals surface area contributed by atoms with Gasteiger partial charge in [0.15, 0.2) is 0 Å². The largest absolute Gasteiger partial charge is 0.314 e. The van der Waals surface area contributed by atoms with Crippen LogP contribution >= 0.6 is 11.3 Å². The average Bonchev–Trinajstić information content (AvgIpc) is 2.70. The van der Waals surface area contributed by atoms with Gasteiger partial charge in [-0.25, -0.2) is 4.98 Å². The van der Waals surface area contributed by atoms with E-state index in [-0.39, 0.29) is 0 Å². The summed E-state index contributed by atoms with van der Waals surface area (Å²) in [4.78, 5) is 4.28. The molecule has 1 aromatic rings. The summed E-state index contributed by atoms with van der Waals surface area (Å²) in [5.41, 5.74) is 0. The van der Waals surface area contributed by atoms with Crippen LogP contribution in [0.15, 0.2) is 11.6 Å². The highest BCUT2D eigenvalue weighted by Gasteiger charge is 2.02. The molecule has 1 aromatic heterocycles. The van der Waals surface area contributed by atoms with Gasteiger partial charge in [-0.1, -0.05) is 26.7 Å². The number of nitrogens with zero attached hydrogens (tertiary/aromatic N) is 1. The van der Waals surface area contributed by atoms with E-state index in [1.54, 1.807) is 11.3 Å². The zero-order valence-electron chi connectivity index (χ0n) is 10.7. The molecule has 0 saturated carbocycles. The van der Waals surface area contributed by atoms with E-state index in [4.69, 9.17) is 0 Å². The normalized spacial score (nSPS) is 13.2. The quantitative estimate of drug-likeness (QED) is 0.752. The fraction of sp³-hybridized carbons (Fsp3) is 0.769. The van der Waals surface area contributed by atoms with Crippen molar-refractivity contribution in [3.63, 3.8) is 0 Å². The predicted molar refractivity (Wildman–Crippen MR) is 72.0 cm³/mol. The average molecular weight is 240 g/mol. The van der Waals surface area contributed by atoms with Crippen LogP contribution in [-0.4, -0.2) is 17.6 Å². The van der Waals surface area contributed by atoms with Crippen LogP contribution in [0, 0.1) is 5.92 Å². The Morgan fingerprint density at radius 2 is 2.12 bits per heavy atom. The van der Waals surface area contributed by atoms with Crippen molar-refractivity contribution in [1.82, 2.24) is 10.3 Å². The zero-order valence-corrected chi connectivity index (χ0v) is 11.5. The molecule has 0 aromatic carbocycles. The van der Waals surface area contributed by atoms with E-state index in [9.17, 15) is 0 Å². The van der Waals surface area contributed by atoms with Crippen LogP contribution in [0.25, 0.3) is 0 Å². The molecule has 1 N–H and O–H groups in total. The van der Waals surface area contributed by atoms with Gasteiger partial charge < -0.3 is 5.32 Å². The van der Waals surface area contributed by atoms with Gasteiger partial charge in [-0.15, -0.1) is 11.3 Å². The fourth-order valence-corrected chi connectivity index (χ4v) is 2.36. The number of rotatable bonds is 8. The SMILES string of the molecule is CC(C)CCCC(C)NCCc1nccs1. The van der Waals surface area contributed by atoms with Gasteiger partial charge in [-0.3, -0.25) is 0 Å². The third kappa shape index (κ3) is 6.23. The molecule has 16 heavy (non-hydrogen) atoms.